The van der Waals surface area contributed by atoms with Crippen molar-refractivity contribution in [2.45, 2.75) is 19.8 Å². The van der Waals surface area contributed by atoms with Crippen LogP contribution in [-0.2, 0) is 0 Å². The number of Topliss-reactive ketones (excluding diaryl/α,β-unsaturated/α-hetero) is 1. The van der Waals surface area contributed by atoms with Gasteiger partial charge < -0.3 is 5.11 Å². The van der Waals surface area contributed by atoms with Crippen LogP contribution in [0, 0.1) is 0 Å². The highest BCUT2D eigenvalue weighted by atomic mass is 32.1. The first-order valence-electron chi connectivity index (χ1n) is 7.36. The van der Waals surface area contributed by atoms with Crippen molar-refractivity contribution in [3.8, 4) is 10.4 Å². The van der Waals surface area contributed by atoms with Crippen LogP contribution in [0.1, 0.15) is 35.7 Å². The second-order valence-corrected chi connectivity index (χ2v) is 6.81. The van der Waals surface area contributed by atoms with Crippen LogP contribution in [-0.4, -0.2) is 17.5 Å². The van der Waals surface area contributed by atoms with Gasteiger partial charge in [0.25, 0.3) is 0 Å². The molecule has 0 atom stereocenters. The fourth-order valence-corrected chi connectivity index (χ4v) is 3.58. The molecule has 2 aromatic carbocycles. The van der Waals surface area contributed by atoms with Crippen LogP contribution >= 0.6 is 11.3 Å². The van der Waals surface area contributed by atoms with Gasteiger partial charge in [0.1, 0.15) is 6.61 Å². The molecule has 0 aliphatic rings. The Morgan fingerprint density at radius 2 is 1.82 bits per heavy atom. The first-order chi connectivity index (χ1) is 10.6. The normalized spacial score (nSPS) is 11.3. The van der Waals surface area contributed by atoms with Crippen LogP contribution in [0.15, 0.2) is 48.5 Å². The Balaban J connectivity index is 1.99. The van der Waals surface area contributed by atoms with Gasteiger partial charge in [0.15, 0.2) is 5.78 Å². The summed E-state index contributed by atoms with van der Waals surface area (Å²) in [4.78, 5) is 12.8. The molecule has 1 heterocycles. The Morgan fingerprint density at radius 1 is 1.09 bits per heavy atom. The SMILES string of the molecule is CC(C)c1ccc(-c2cc3ccc(C(=O)CO)cc3s2)cc1. The fraction of sp³-hybridized carbons (Fsp3) is 0.211. The third-order valence-corrected chi connectivity index (χ3v) is 4.99. The van der Waals surface area contributed by atoms with Gasteiger partial charge in [0.05, 0.1) is 0 Å². The number of rotatable bonds is 4. The van der Waals surface area contributed by atoms with Gasteiger partial charge in [-0.05, 0) is 34.6 Å². The van der Waals surface area contributed by atoms with Crippen LogP contribution in [0.3, 0.4) is 0 Å². The van der Waals surface area contributed by atoms with Crippen molar-refractivity contribution in [1.82, 2.24) is 0 Å². The summed E-state index contributed by atoms with van der Waals surface area (Å²) < 4.78 is 1.07. The smallest absolute Gasteiger partial charge is 0.188 e. The molecule has 0 amide bonds. The molecule has 0 bridgehead atoms. The van der Waals surface area contributed by atoms with Crippen LogP contribution in [0.2, 0.25) is 0 Å². The van der Waals surface area contributed by atoms with E-state index in [0.29, 0.717) is 11.5 Å². The van der Waals surface area contributed by atoms with Crippen molar-refractivity contribution >= 4 is 27.2 Å². The molecule has 3 rings (SSSR count). The second kappa shape index (κ2) is 6.03. The van der Waals surface area contributed by atoms with E-state index in [1.807, 2.05) is 12.1 Å². The summed E-state index contributed by atoms with van der Waals surface area (Å²) in [5, 5.41) is 10.1. The molecular formula is C19H18O2S. The van der Waals surface area contributed by atoms with Gasteiger partial charge in [-0.15, -0.1) is 11.3 Å². The number of fused-ring (bicyclic) bond motifs is 1. The zero-order chi connectivity index (χ0) is 15.7. The molecular weight excluding hydrogens is 292 g/mol. The summed E-state index contributed by atoms with van der Waals surface area (Å²) >= 11 is 1.67. The summed E-state index contributed by atoms with van der Waals surface area (Å²) in [5.74, 6) is 0.293. The van der Waals surface area contributed by atoms with E-state index in [-0.39, 0.29) is 5.78 Å². The van der Waals surface area contributed by atoms with Gasteiger partial charge in [0, 0.05) is 15.1 Å². The van der Waals surface area contributed by atoms with E-state index in [4.69, 9.17) is 5.11 Å². The van der Waals surface area contributed by atoms with Gasteiger partial charge in [0.2, 0.25) is 0 Å². The quantitative estimate of drug-likeness (QED) is 0.698. The Labute approximate surface area is 134 Å². The van der Waals surface area contributed by atoms with Crippen LogP contribution in [0.4, 0.5) is 0 Å². The van der Waals surface area contributed by atoms with E-state index >= 15 is 0 Å². The summed E-state index contributed by atoms with van der Waals surface area (Å²) in [6, 6.07) is 16.4. The maximum atomic E-state index is 11.6. The molecule has 0 radical (unpaired) electrons. The molecule has 0 spiro atoms. The minimum atomic E-state index is -0.444. The number of ketones is 1. The van der Waals surface area contributed by atoms with Crippen LogP contribution < -0.4 is 0 Å². The molecule has 0 saturated heterocycles. The van der Waals surface area contributed by atoms with Crippen LogP contribution in [0.5, 0.6) is 0 Å². The Hall–Kier alpha value is -1.97. The lowest BCUT2D eigenvalue weighted by Crippen LogP contribution is -2.03. The monoisotopic (exact) mass is 310 g/mol. The number of aliphatic hydroxyl groups excluding tert-OH is 1. The topological polar surface area (TPSA) is 37.3 Å². The zero-order valence-corrected chi connectivity index (χ0v) is 13.5. The van der Waals surface area contributed by atoms with E-state index in [9.17, 15) is 4.79 Å². The molecule has 0 aliphatic heterocycles. The Morgan fingerprint density at radius 3 is 2.45 bits per heavy atom. The average molecular weight is 310 g/mol. The van der Waals surface area contributed by atoms with Crippen molar-refractivity contribution < 1.29 is 9.90 Å². The molecule has 2 nitrogen and oxygen atoms in total. The van der Waals surface area contributed by atoms with E-state index in [1.54, 1.807) is 17.4 Å². The minimum absolute atomic E-state index is 0.238. The predicted octanol–water partition coefficient (Wildman–Crippen LogP) is 4.87. The maximum absolute atomic E-state index is 11.6. The molecule has 3 aromatic rings. The average Bonchev–Trinajstić information content (AvgIpc) is 2.97. The number of aliphatic hydroxyl groups is 1. The van der Waals surface area contributed by atoms with Gasteiger partial charge in [-0.1, -0.05) is 50.2 Å². The van der Waals surface area contributed by atoms with Crippen molar-refractivity contribution in [3.63, 3.8) is 0 Å². The van der Waals surface area contributed by atoms with E-state index in [2.05, 4.69) is 44.2 Å². The molecule has 112 valence electrons. The summed E-state index contributed by atoms with van der Waals surface area (Å²) in [7, 11) is 0. The first-order valence-corrected chi connectivity index (χ1v) is 8.18. The van der Waals surface area contributed by atoms with E-state index in [1.165, 1.54) is 16.0 Å². The number of benzene rings is 2. The number of hydrogen-bond acceptors (Lipinski definition) is 3. The molecule has 1 aromatic heterocycles. The standard InChI is InChI=1S/C19H18O2S/c1-12(2)13-3-5-14(6-4-13)18-10-16-8-7-15(17(21)11-20)9-19(16)22-18/h3-10,12,20H,11H2,1-2H3. The lowest BCUT2D eigenvalue weighted by molar-refractivity contribution is 0.0904. The third-order valence-electron chi connectivity index (χ3n) is 3.85. The fourth-order valence-electron chi connectivity index (χ4n) is 2.47. The molecule has 0 saturated carbocycles. The van der Waals surface area contributed by atoms with Crippen LogP contribution in [0.25, 0.3) is 20.5 Å². The lowest BCUT2D eigenvalue weighted by atomic mass is 10.0. The van der Waals surface area contributed by atoms with Gasteiger partial charge in [-0.3, -0.25) is 4.79 Å². The van der Waals surface area contributed by atoms with E-state index < -0.39 is 6.61 Å². The minimum Gasteiger partial charge on any atom is -0.388 e. The third kappa shape index (κ3) is 2.82. The summed E-state index contributed by atoms with van der Waals surface area (Å²) in [6.45, 7) is 3.93. The van der Waals surface area contributed by atoms with Crippen molar-refractivity contribution in [2.75, 3.05) is 6.61 Å². The highest BCUT2D eigenvalue weighted by molar-refractivity contribution is 7.22. The van der Waals surface area contributed by atoms with Gasteiger partial charge in [-0.2, -0.15) is 0 Å². The van der Waals surface area contributed by atoms with Gasteiger partial charge >= 0.3 is 0 Å². The summed E-state index contributed by atoms with van der Waals surface area (Å²) in [6.07, 6.45) is 0. The zero-order valence-electron chi connectivity index (χ0n) is 12.7. The highest BCUT2D eigenvalue weighted by Crippen LogP contribution is 2.34. The molecule has 1 N–H and O–H groups in total. The number of thiophene rings is 1. The Kier molecular flexibility index (Phi) is 4.10. The number of carbonyl (C=O) groups excluding carboxylic acids is 1. The van der Waals surface area contributed by atoms with Crippen molar-refractivity contribution in [2.24, 2.45) is 0 Å². The molecule has 0 aliphatic carbocycles. The maximum Gasteiger partial charge on any atom is 0.188 e. The predicted molar refractivity (Wildman–Crippen MR) is 92.8 cm³/mol. The first kappa shape index (κ1) is 14.9. The van der Waals surface area contributed by atoms with Crippen molar-refractivity contribution in [3.05, 3.63) is 59.7 Å². The lowest BCUT2D eigenvalue weighted by Gasteiger charge is -2.05. The van der Waals surface area contributed by atoms with Gasteiger partial charge in [-0.25, -0.2) is 0 Å². The number of carbonyl (C=O) groups is 1. The summed E-state index contributed by atoms with van der Waals surface area (Å²) in [5.41, 5.74) is 3.10. The molecule has 0 unspecified atom stereocenters. The highest BCUT2D eigenvalue weighted by Gasteiger charge is 2.09. The van der Waals surface area contributed by atoms with Crippen molar-refractivity contribution in [1.29, 1.82) is 0 Å². The largest absolute Gasteiger partial charge is 0.388 e. The Bertz CT molecular complexity index is 813. The molecule has 3 heteroatoms. The molecule has 22 heavy (non-hydrogen) atoms. The molecule has 0 fully saturated rings. The second-order valence-electron chi connectivity index (χ2n) is 5.72. The number of hydrogen-bond donors (Lipinski definition) is 1. The van der Waals surface area contributed by atoms with E-state index in [0.717, 1.165) is 10.1 Å².